The Hall–Kier alpha value is -2.56. The van der Waals surface area contributed by atoms with Crippen LogP contribution in [0.25, 0.3) is 0 Å². The van der Waals surface area contributed by atoms with Crippen LogP contribution in [-0.4, -0.2) is 26.2 Å². The van der Waals surface area contributed by atoms with Gasteiger partial charge < -0.3 is 14.4 Å². The molecule has 6 nitrogen and oxygen atoms in total. The van der Waals surface area contributed by atoms with Crippen LogP contribution in [0.3, 0.4) is 0 Å². The lowest BCUT2D eigenvalue weighted by Gasteiger charge is -2.24. The number of ether oxygens (including phenoxy) is 2. The molecule has 0 spiro atoms. The number of nitrogens with zero attached hydrogens (tertiary/aromatic N) is 2. The normalized spacial score (nSPS) is 13.3. The van der Waals surface area contributed by atoms with Crippen LogP contribution in [0.4, 0.5) is 5.69 Å². The fourth-order valence-corrected chi connectivity index (χ4v) is 2.73. The molecule has 0 saturated heterocycles. The van der Waals surface area contributed by atoms with Gasteiger partial charge in [0.15, 0.2) is 0 Å². The van der Waals surface area contributed by atoms with Gasteiger partial charge in [0.05, 0.1) is 36.1 Å². The molecule has 0 fully saturated rings. The number of hydrogen-bond donors (Lipinski definition) is 0. The SMILES string of the molecule is COC(=O)C1=C(C(=O)OC)N(c2ccc(Br)c(Cl)c2C#N)C=CC=C1. The molecule has 0 aliphatic carbocycles. The number of carbonyl (C=O) groups excluding carboxylic acids is 2. The summed E-state index contributed by atoms with van der Waals surface area (Å²) in [6.07, 6.45) is 6.14. The van der Waals surface area contributed by atoms with E-state index in [-0.39, 0.29) is 21.9 Å². The number of methoxy groups -OCH3 is 2. The molecule has 0 unspecified atom stereocenters. The standard InChI is InChI=1S/C17H12BrClN2O4/c1-24-16(22)10-5-3-4-8-21(15(10)17(23)25-2)13-7-6-12(18)14(19)11(13)9-20/h3-8H,1-2H3. The van der Waals surface area contributed by atoms with E-state index in [1.807, 2.05) is 6.07 Å². The third-order valence-corrected chi connectivity index (χ3v) is 4.62. The molecule has 0 bridgehead atoms. The fourth-order valence-electron chi connectivity index (χ4n) is 2.20. The van der Waals surface area contributed by atoms with Gasteiger partial charge in [-0.15, -0.1) is 0 Å². The average molecular weight is 424 g/mol. The third-order valence-electron chi connectivity index (χ3n) is 3.33. The maximum absolute atomic E-state index is 12.4. The van der Waals surface area contributed by atoms with E-state index in [1.165, 1.54) is 31.4 Å². The number of allylic oxidation sites excluding steroid dienone is 2. The molecule has 1 heterocycles. The molecule has 0 aromatic heterocycles. The molecule has 1 aromatic rings. The molecule has 1 aliphatic heterocycles. The Morgan fingerprint density at radius 1 is 1.20 bits per heavy atom. The summed E-state index contributed by atoms with van der Waals surface area (Å²) in [5.74, 6) is -1.48. The molecule has 8 heteroatoms. The maximum atomic E-state index is 12.4. The fraction of sp³-hybridized carbons (Fsp3) is 0.118. The van der Waals surface area contributed by atoms with Crippen molar-refractivity contribution in [2.45, 2.75) is 0 Å². The van der Waals surface area contributed by atoms with Crippen molar-refractivity contribution in [3.63, 3.8) is 0 Å². The van der Waals surface area contributed by atoms with Gasteiger partial charge in [0, 0.05) is 10.7 Å². The van der Waals surface area contributed by atoms with E-state index >= 15 is 0 Å². The van der Waals surface area contributed by atoms with Gasteiger partial charge in [-0.2, -0.15) is 5.26 Å². The van der Waals surface area contributed by atoms with E-state index in [1.54, 1.807) is 24.3 Å². The number of rotatable bonds is 3. The second-order valence-corrected chi connectivity index (χ2v) is 5.92. The monoisotopic (exact) mass is 422 g/mol. The summed E-state index contributed by atoms with van der Waals surface area (Å²) in [6.45, 7) is 0. The molecular weight excluding hydrogens is 412 g/mol. The topological polar surface area (TPSA) is 79.6 Å². The van der Waals surface area contributed by atoms with Gasteiger partial charge in [-0.1, -0.05) is 17.7 Å². The van der Waals surface area contributed by atoms with E-state index in [4.69, 9.17) is 21.1 Å². The van der Waals surface area contributed by atoms with Crippen LogP contribution in [0.1, 0.15) is 5.56 Å². The first-order valence-electron chi connectivity index (χ1n) is 6.89. The summed E-state index contributed by atoms with van der Waals surface area (Å²) in [6, 6.07) is 5.24. The minimum absolute atomic E-state index is 0.0118. The summed E-state index contributed by atoms with van der Waals surface area (Å²) in [4.78, 5) is 25.8. The molecule has 25 heavy (non-hydrogen) atoms. The van der Waals surface area contributed by atoms with Crippen LogP contribution in [-0.2, 0) is 19.1 Å². The number of halogens is 2. The summed E-state index contributed by atoms with van der Waals surface area (Å²) in [7, 11) is 2.40. The van der Waals surface area contributed by atoms with Crippen molar-refractivity contribution in [3.8, 4) is 6.07 Å². The predicted octanol–water partition coefficient (Wildman–Crippen LogP) is 3.46. The van der Waals surface area contributed by atoms with E-state index < -0.39 is 11.9 Å². The molecule has 0 atom stereocenters. The van der Waals surface area contributed by atoms with Crippen molar-refractivity contribution < 1.29 is 19.1 Å². The Morgan fingerprint density at radius 3 is 2.48 bits per heavy atom. The molecule has 1 aromatic carbocycles. The molecule has 0 radical (unpaired) electrons. The number of hydrogen-bond acceptors (Lipinski definition) is 6. The molecule has 2 rings (SSSR count). The van der Waals surface area contributed by atoms with Crippen molar-refractivity contribution in [2.24, 2.45) is 0 Å². The highest BCUT2D eigenvalue weighted by molar-refractivity contribution is 9.10. The van der Waals surface area contributed by atoms with E-state index in [0.29, 0.717) is 10.2 Å². The van der Waals surface area contributed by atoms with Gasteiger partial charge in [0.2, 0.25) is 0 Å². The lowest BCUT2D eigenvalue weighted by atomic mass is 10.1. The summed E-state index contributed by atoms with van der Waals surface area (Å²) >= 11 is 9.44. The van der Waals surface area contributed by atoms with Crippen LogP contribution >= 0.6 is 27.5 Å². The highest BCUT2D eigenvalue weighted by Crippen LogP contribution is 2.36. The predicted molar refractivity (Wildman–Crippen MR) is 95.7 cm³/mol. The Morgan fingerprint density at radius 2 is 1.88 bits per heavy atom. The Bertz CT molecular complexity index is 868. The minimum atomic E-state index is -0.764. The first-order chi connectivity index (χ1) is 12.0. The Labute approximate surface area is 157 Å². The third kappa shape index (κ3) is 3.60. The van der Waals surface area contributed by atoms with Gasteiger partial charge in [-0.25, -0.2) is 9.59 Å². The van der Waals surface area contributed by atoms with E-state index in [2.05, 4.69) is 15.9 Å². The smallest absolute Gasteiger partial charge is 0.355 e. The molecular formula is C17H12BrClN2O4. The quantitative estimate of drug-likeness (QED) is 0.693. The van der Waals surface area contributed by atoms with Crippen LogP contribution < -0.4 is 4.90 Å². The van der Waals surface area contributed by atoms with Crippen LogP contribution in [0.5, 0.6) is 0 Å². The van der Waals surface area contributed by atoms with E-state index in [0.717, 1.165) is 0 Å². The lowest BCUT2D eigenvalue weighted by molar-refractivity contribution is -0.139. The highest BCUT2D eigenvalue weighted by Gasteiger charge is 2.29. The number of nitriles is 1. The maximum Gasteiger partial charge on any atom is 0.355 e. The zero-order chi connectivity index (χ0) is 18.6. The van der Waals surface area contributed by atoms with Crippen LogP contribution in [0.15, 0.2) is 52.3 Å². The van der Waals surface area contributed by atoms with E-state index in [9.17, 15) is 14.9 Å². The average Bonchev–Trinajstić information content (AvgIpc) is 2.85. The Kier molecular flexibility index (Phi) is 6.02. The van der Waals surface area contributed by atoms with Gasteiger partial charge >= 0.3 is 11.9 Å². The highest BCUT2D eigenvalue weighted by atomic mass is 79.9. The van der Waals surface area contributed by atoms with Crippen molar-refractivity contribution in [1.82, 2.24) is 0 Å². The van der Waals surface area contributed by atoms with Crippen LogP contribution in [0, 0.1) is 11.3 Å². The number of anilines is 1. The largest absolute Gasteiger partial charge is 0.465 e. The first-order valence-corrected chi connectivity index (χ1v) is 8.06. The van der Waals surface area contributed by atoms with Crippen molar-refractivity contribution in [3.05, 3.63) is 62.9 Å². The summed E-state index contributed by atoms with van der Waals surface area (Å²) in [5, 5.41) is 9.67. The number of benzene rings is 1. The zero-order valence-electron chi connectivity index (χ0n) is 13.2. The summed E-state index contributed by atoms with van der Waals surface area (Å²) in [5.41, 5.74) is 0.349. The summed E-state index contributed by atoms with van der Waals surface area (Å²) < 4.78 is 10.1. The van der Waals surface area contributed by atoms with Gasteiger partial charge in [-0.05, 0) is 40.2 Å². The zero-order valence-corrected chi connectivity index (χ0v) is 15.6. The second-order valence-electron chi connectivity index (χ2n) is 4.68. The van der Waals surface area contributed by atoms with Crippen molar-refractivity contribution in [1.29, 1.82) is 5.26 Å². The van der Waals surface area contributed by atoms with Gasteiger partial charge in [0.1, 0.15) is 11.8 Å². The van der Waals surface area contributed by atoms with Gasteiger partial charge in [-0.3, -0.25) is 0 Å². The molecule has 0 amide bonds. The lowest BCUT2D eigenvalue weighted by Crippen LogP contribution is -2.27. The first kappa shape index (κ1) is 18.8. The molecule has 1 aliphatic rings. The van der Waals surface area contributed by atoms with Crippen molar-refractivity contribution >= 4 is 45.2 Å². The van der Waals surface area contributed by atoms with Gasteiger partial charge in [0.25, 0.3) is 0 Å². The second kappa shape index (κ2) is 8.01. The molecule has 0 saturated carbocycles. The number of carbonyl (C=O) groups is 2. The minimum Gasteiger partial charge on any atom is -0.465 e. The molecule has 128 valence electrons. The van der Waals surface area contributed by atoms with Crippen molar-refractivity contribution in [2.75, 3.05) is 19.1 Å². The van der Waals surface area contributed by atoms with Crippen LogP contribution in [0.2, 0.25) is 5.02 Å². The molecule has 0 N–H and O–H groups in total. The Balaban J connectivity index is 2.79. The number of esters is 2.